The number of hydrogen-bond donors (Lipinski definition) is 1. The summed E-state index contributed by atoms with van der Waals surface area (Å²) < 4.78 is 4.44. The van der Waals surface area contributed by atoms with Crippen LogP contribution >= 0.6 is 11.5 Å². The molecule has 1 N–H and O–H groups in total. The standard InChI is InChI=1S/C13H24N4S/c1-10(2)12-15-13(18-16-12)17-8-5-11(6-9-17)4-7-14-3/h10-11,14H,4-9H2,1-3H3. The van der Waals surface area contributed by atoms with Gasteiger partial charge in [-0.2, -0.15) is 4.37 Å². The van der Waals surface area contributed by atoms with Crippen LogP contribution in [0.15, 0.2) is 0 Å². The third-order valence-electron chi connectivity index (χ3n) is 3.64. The molecule has 2 rings (SSSR count). The molecular formula is C13H24N4S. The van der Waals surface area contributed by atoms with Crippen LogP contribution in [0.5, 0.6) is 0 Å². The van der Waals surface area contributed by atoms with Gasteiger partial charge >= 0.3 is 0 Å². The molecule has 1 aromatic heterocycles. The molecular weight excluding hydrogens is 244 g/mol. The highest BCUT2D eigenvalue weighted by atomic mass is 32.1. The predicted octanol–water partition coefficient (Wildman–Crippen LogP) is 2.49. The number of anilines is 1. The number of nitrogens with one attached hydrogen (secondary N) is 1. The molecule has 4 nitrogen and oxygen atoms in total. The zero-order valence-electron chi connectivity index (χ0n) is 11.6. The van der Waals surface area contributed by atoms with Gasteiger partial charge in [0.2, 0.25) is 5.13 Å². The summed E-state index contributed by atoms with van der Waals surface area (Å²) in [6.07, 6.45) is 3.88. The van der Waals surface area contributed by atoms with Crippen molar-refractivity contribution in [2.75, 3.05) is 31.6 Å². The van der Waals surface area contributed by atoms with Crippen LogP contribution in [-0.4, -0.2) is 36.0 Å². The van der Waals surface area contributed by atoms with Gasteiger partial charge in [-0.15, -0.1) is 0 Å². The van der Waals surface area contributed by atoms with E-state index in [1.807, 2.05) is 7.05 Å². The number of rotatable bonds is 5. The highest BCUT2D eigenvalue weighted by Gasteiger charge is 2.21. The molecule has 0 amide bonds. The van der Waals surface area contributed by atoms with E-state index in [1.165, 1.54) is 19.3 Å². The van der Waals surface area contributed by atoms with Gasteiger partial charge in [-0.3, -0.25) is 0 Å². The van der Waals surface area contributed by atoms with Crippen LogP contribution in [0.25, 0.3) is 0 Å². The summed E-state index contributed by atoms with van der Waals surface area (Å²) in [6, 6.07) is 0. The van der Waals surface area contributed by atoms with Crippen molar-refractivity contribution in [3.8, 4) is 0 Å². The molecule has 5 heteroatoms. The largest absolute Gasteiger partial charge is 0.347 e. The maximum absolute atomic E-state index is 4.64. The smallest absolute Gasteiger partial charge is 0.205 e. The fraction of sp³-hybridized carbons (Fsp3) is 0.846. The Morgan fingerprint density at radius 2 is 2.11 bits per heavy atom. The molecule has 0 aliphatic carbocycles. The molecule has 0 spiro atoms. The van der Waals surface area contributed by atoms with Gasteiger partial charge in [-0.25, -0.2) is 4.98 Å². The van der Waals surface area contributed by atoms with E-state index in [2.05, 4.69) is 33.4 Å². The highest BCUT2D eigenvalue weighted by molar-refractivity contribution is 7.09. The van der Waals surface area contributed by atoms with Crippen molar-refractivity contribution in [3.63, 3.8) is 0 Å². The summed E-state index contributed by atoms with van der Waals surface area (Å²) in [5.41, 5.74) is 0. The average molecular weight is 268 g/mol. The summed E-state index contributed by atoms with van der Waals surface area (Å²) in [6.45, 7) is 7.72. The van der Waals surface area contributed by atoms with Crippen molar-refractivity contribution in [2.45, 2.75) is 39.0 Å². The normalized spacial score (nSPS) is 17.7. The second-order valence-corrected chi connectivity index (χ2v) is 6.14. The minimum Gasteiger partial charge on any atom is -0.347 e. The first-order valence-electron chi connectivity index (χ1n) is 6.94. The summed E-state index contributed by atoms with van der Waals surface area (Å²) in [5, 5.41) is 4.36. The fourth-order valence-electron chi connectivity index (χ4n) is 2.35. The van der Waals surface area contributed by atoms with E-state index in [0.717, 1.165) is 36.5 Å². The van der Waals surface area contributed by atoms with Gasteiger partial charge in [0.05, 0.1) is 0 Å². The monoisotopic (exact) mass is 268 g/mol. The molecule has 0 atom stereocenters. The van der Waals surface area contributed by atoms with Crippen LogP contribution in [0.3, 0.4) is 0 Å². The predicted molar refractivity (Wildman–Crippen MR) is 77.5 cm³/mol. The Bertz CT molecular complexity index is 356. The van der Waals surface area contributed by atoms with Gasteiger partial charge in [0.1, 0.15) is 5.82 Å². The summed E-state index contributed by atoms with van der Waals surface area (Å²) in [7, 11) is 2.03. The minimum atomic E-state index is 0.433. The quantitative estimate of drug-likeness (QED) is 0.891. The zero-order chi connectivity index (χ0) is 13.0. The molecule has 1 aromatic rings. The van der Waals surface area contributed by atoms with E-state index in [1.54, 1.807) is 11.5 Å². The third kappa shape index (κ3) is 3.42. The molecule has 0 unspecified atom stereocenters. The molecule has 1 aliphatic heterocycles. The first-order chi connectivity index (χ1) is 8.70. The number of nitrogens with zero attached hydrogens (tertiary/aromatic N) is 3. The Kier molecular flexibility index (Phi) is 4.95. The van der Waals surface area contributed by atoms with Gasteiger partial charge in [0, 0.05) is 30.5 Å². The Labute approximate surface area is 114 Å². The van der Waals surface area contributed by atoms with Crippen LogP contribution < -0.4 is 10.2 Å². The number of hydrogen-bond acceptors (Lipinski definition) is 5. The Balaban J connectivity index is 1.85. The van der Waals surface area contributed by atoms with Gasteiger partial charge in [-0.1, -0.05) is 13.8 Å². The van der Waals surface area contributed by atoms with Gasteiger partial charge in [-0.05, 0) is 38.8 Å². The lowest BCUT2D eigenvalue weighted by atomic mass is 9.94. The van der Waals surface area contributed by atoms with E-state index >= 15 is 0 Å². The third-order valence-corrected chi connectivity index (χ3v) is 4.43. The van der Waals surface area contributed by atoms with Crippen LogP contribution in [-0.2, 0) is 0 Å². The van der Waals surface area contributed by atoms with Crippen LogP contribution in [0.2, 0.25) is 0 Å². The zero-order valence-corrected chi connectivity index (χ0v) is 12.5. The first-order valence-corrected chi connectivity index (χ1v) is 7.71. The molecule has 0 saturated carbocycles. The van der Waals surface area contributed by atoms with Gasteiger partial charge in [0.25, 0.3) is 0 Å². The van der Waals surface area contributed by atoms with E-state index in [4.69, 9.17) is 0 Å². The Morgan fingerprint density at radius 3 is 2.67 bits per heavy atom. The second kappa shape index (κ2) is 6.48. The number of aromatic nitrogens is 2. The van der Waals surface area contributed by atoms with E-state index < -0.39 is 0 Å². The van der Waals surface area contributed by atoms with Gasteiger partial charge in [0.15, 0.2) is 0 Å². The summed E-state index contributed by atoms with van der Waals surface area (Å²) >= 11 is 1.56. The van der Waals surface area contributed by atoms with Crippen molar-refractivity contribution in [1.29, 1.82) is 0 Å². The van der Waals surface area contributed by atoms with Crippen molar-refractivity contribution >= 4 is 16.7 Å². The molecule has 2 heterocycles. The lowest BCUT2D eigenvalue weighted by molar-refractivity contribution is 0.378. The fourth-order valence-corrected chi connectivity index (χ4v) is 3.21. The SMILES string of the molecule is CNCCC1CCN(c2nc(C(C)C)ns2)CC1. The molecule has 0 aromatic carbocycles. The molecule has 0 radical (unpaired) electrons. The van der Waals surface area contributed by atoms with E-state index in [-0.39, 0.29) is 0 Å². The van der Waals surface area contributed by atoms with Gasteiger partial charge < -0.3 is 10.2 Å². The molecule has 18 heavy (non-hydrogen) atoms. The highest BCUT2D eigenvalue weighted by Crippen LogP contribution is 2.27. The summed E-state index contributed by atoms with van der Waals surface area (Å²) in [4.78, 5) is 7.04. The Morgan fingerprint density at radius 1 is 1.39 bits per heavy atom. The first kappa shape index (κ1) is 13.7. The molecule has 0 bridgehead atoms. The molecule has 1 fully saturated rings. The van der Waals surface area contributed by atoms with E-state index in [0.29, 0.717) is 5.92 Å². The maximum atomic E-state index is 4.64. The van der Waals surface area contributed by atoms with Crippen molar-refractivity contribution < 1.29 is 0 Å². The molecule has 102 valence electrons. The van der Waals surface area contributed by atoms with Crippen molar-refractivity contribution in [2.24, 2.45) is 5.92 Å². The van der Waals surface area contributed by atoms with Crippen LogP contribution in [0.1, 0.15) is 44.9 Å². The lowest BCUT2D eigenvalue weighted by Gasteiger charge is -2.31. The lowest BCUT2D eigenvalue weighted by Crippen LogP contribution is -2.34. The van der Waals surface area contributed by atoms with Crippen molar-refractivity contribution in [1.82, 2.24) is 14.7 Å². The maximum Gasteiger partial charge on any atom is 0.205 e. The van der Waals surface area contributed by atoms with Crippen molar-refractivity contribution in [3.05, 3.63) is 5.82 Å². The number of piperidine rings is 1. The average Bonchev–Trinajstić information content (AvgIpc) is 2.87. The van der Waals surface area contributed by atoms with Crippen LogP contribution in [0, 0.1) is 5.92 Å². The second-order valence-electron chi connectivity index (χ2n) is 5.41. The Hall–Kier alpha value is -0.680. The minimum absolute atomic E-state index is 0.433. The topological polar surface area (TPSA) is 41.0 Å². The van der Waals surface area contributed by atoms with E-state index in [9.17, 15) is 0 Å². The molecule has 1 aliphatic rings. The molecule has 1 saturated heterocycles. The van der Waals surface area contributed by atoms with Crippen LogP contribution in [0.4, 0.5) is 5.13 Å². The summed E-state index contributed by atoms with van der Waals surface area (Å²) in [5.74, 6) is 2.31.